The van der Waals surface area contributed by atoms with Gasteiger partial charge in [0, 0.05) is 6.04 Å². The first-order valence-corrected chi connectivity index (χ1v) is 5.11. The Bertz CT molecular complexity index is 194. The van der Waals surface area contributed by atoms with Crippen LogP contribution in [0.5, 0.6) is 0 Å². The number of carbonyl (C=O) groups is 1. The van der Waals surface area contributed by atoms with E-state index in [2.05, 4.69) is 13.8 Å². The lowest BCUT2D eigenvalue weighted by Crippen LogP contribution is -2.35. The summed E-state index contributed by atoms with van der Waals surface area (Å²) in [6.07, 6.45) is 0.897. The number of esters is 1. The van der Waals surface area contributed by atoms with Crippen LogP contribution in [-0.2, 0) is 14.3 Å². The van der Waals surface area contributed by atoms with E-state index >= 15 is 0 Å². The Morgan fingerprint density at radius 3 is 2.79 bits per heavy atom. The number of hydrogen-bond acceptors (Lipinski definition) is 4. The van der Waals surface area contributed by atoms with Crippen LogP contribution in [0.2, 0.25) is 0 Å². The predicted molar refractivity (Wildman–Crippen MR) is 52.7 cm³/mol. The van der Waals surface area contributed by atoms with Gasteiger partial charge < -0.3 is 15.2 Å². The molecule has 0 bridgehead atoms. The summed E-state index contributed by atoms with van der Waals surface area (Å²) in [7, 11) is 0. The lowest BCUT2D eigenvalue weighted by molar-refractivity contribution is -0.149. The molecule has 1 fully saturated rings. The molecule has 0 radical (unpaired) electrons. The van der Waals surface area contributed by atoms with E-state index in [4.69, 9.17) is 15.2 Å². The Hall–Kier alpha value is -0.610. The largest absolute Gasteiger partial charge is 0.465 e. The van der Waals surface area contributed by atoms with E-state index in [0.717, 1.165) is 6.42 Å². The Kier molecular flexibility index (Phi) is 4.35. The summed E-state index contributed by atoms with van der Waals surface area (Å²) < 4.78 is 10.2. The lowest BCUT2D eigenvalue weighted by Gasteiger charge is -2.13. The van der Waals surface area contributed by atoms with Crippen molar-refractivity contribution in [2.45, 2.75) is 26.3 Å². The van der Waals surface area contributed by atoms with E-state index in [1.807, 2.05) is 0 Å². The zero-order valence-electron chi connectivity index (χ0n) is 8.86. The maximum atomic E-state index is 11.5. The maximum absolute atomic E-state index is 11.5. The molecule has 0 aromatic rings. The molecular weight excluding hydrogens is 182 g/mol. The fourth-order valence-corrected chi connectivity index (χ4v) is 1.32. The molecule has 4 heteroatoms. The van der Waals surface area contributed by atoms with Crippen LogP contribution in [0.15, 0.2) is 0 Å². The quantitative estimate of drug-likeness (QED) is 0.675. The highest BCUT2D eigenvalue weighted by Crippen LogP contribution is 2.13. The minimum atomic E-state index is -0.262. The molecule has 1 aliphatic rings. The maximum Gasteiger partial charge on any atom is 0.312 e. The molecule has 1 aliphatic heterocycles. The van der Waals surface area contributed by atoms with Crippen LogP contribution in [0, 0.1) is 11.8 Å². The van der Waals surface area contributed by atoms with Crippen LogP contribution < -0.4 is 5.73 Å². The lowest BCUT2D eigenvalue weighted by atomic mass is 10.1. The van der Waals surface area contributed by atoms with Crippen LogP contribution >= 0.6 is 0 Å². The Morgan fingerprint density at radius 1 is 1.57 bits per heavy atom. The molecule has 0 aromatic heterocycles. The Labute approximate surface area is 84.7 Å². The fourth-order valence-electron chi connectivity index (χ4n) is 1.32. The molecule has 1 heterocycles. The van der Waals surface area contributed by atoms with Gasteiger partial charge in [-0.3, -0.25) is 4.79 Å². The smallest absolute Gasteiger partial charge is 0.312 e. The summed E-state index contributed by atoms with van der Waals surface area (Å²) in [5.74, 6) is 0.0779. The molecule has 1 saturated heterocycles. The van der Waals surface area contributed by atoms with Crippen molar-refractivity contribution in [2.24, 2.45) is 17.6 Å². The molecule has 0 amide bonds. The van der Waals surface area contributed by atoms with Gasteiger partial charge >= 0.3 is 5.97 Å². The van der Waals surface area contributed by atoms with Crippen LogP contribution in [0.1, 0.15) is 20.3 Å². The Morgan fingerprint density at radius 2 is 2.29 bits per heavy atom. The van der Waals surface area contributed by atoms with E-state index in [9.17, 15) is 4.79 Å². The van der Waals surface area contributed by atoms with Crippen molar-refractivity contribution in [3.63, 3.8) is 0 Å². The van der Waals surface area contributed by atoms with E-state index in [0.29, 0.717) is 25.7 Å². The average Bonchev–Trinajstić information content (AvgIpc) is 2.50. The van der Waals surface area contributed by atoms with Crippen LogP contribution in [-0.4, -0.2) is 31.8 Å². The van der Waals surface area contributed by atoms with Crippen molar-refractivity contribution in [1.29, 1.82) is 0 Å². The first-order valence-electron chi connectivity index (χ1n) is 5.11. The molecule has 82 valence electrons. The minimum absolute atomic E-state index is 0.193. The average molecular weight is 201 g/mol. The second kappa shape index (κ2) is 5.32. The highest BCUT2D eigenvalue weighted by atomic mass is 16.5. The number of nitrogens with two attached hydrogens (primary N) is 1. The van der Waals surface area contributed by atoms with Crippen molar-refractivity contribution in [3.05, 3.63) is 0 Å². The van der Waals surface area contributed by atoms with E-state index < -0.39 is 0 Å². The first kappa shape index (κ1) is 11.5. The van der Waals surface area contributed by atoms with Gasteiger partial charge in [-0.2, -0.15) is 0 Å². The summed E-state index contributed by atoms with van der Waals surface area (Å²) >= 11 is 0. The number of hydrogen-bond donors (Lipinski definition) is 1. The van der Waals surface area contributed by atoms with Gasteiger partial charge in [0.1, 0.15) is 0 Å². The second-order valence-corrected chi connectivity index (χ2v) is 4.16. The highest BCUT2D eigenvalue weighted by molar-refractivity contribution is 5.73. The second-order valence-electron chi connectivity index (χ2n) is 4.16. The minimum Gasteiger partial charge on any atom is -0.465 e. The standard InChI is InChI=1S/C10H19NO3/c1-7(2)3-4-14-10(12)8-5-13-6-9(8)11/h7-9H,3-6,11H2,1-2H3. The van der Waals surface area contributed by atoms with Gasteiger partial charge in [-0.25, -0.2) is 0 Å². The summed E-state index contributed by atoms with van der Waals surface area (Å²) in [6, 6.07) is -0.193. The third-order valence-corrected chi connectivity index (χ3v) is 2.37. The predicted octanol–water partition coefficient (Wildman–Crippen LogP) is 0.549. The van der Waals surface area contributed by atoms with Gasteiger partial charge in [0.15, 0.2) is 0 Å². The van der Waals surface area contributed by atoms with Crippen LogP contribution in [0.4, 0.5) is 0 Å². The molecule has 1 rings (SSSR count). The van der Waals surface area contributed by atoms with E-state index in [-0.39, 0.29) is 17.9 Å². The summed E-state index contributed by atoms with van der Waals surface area (Å²) in [6.45, 7) is 5.54. The fraction of sp³-hybridized carbons (Fsp3) is 0.900. The SMILES string of the molecule is CC(C)CCOC(=O)C1COCC1N. The normalized spacial score (nSPS) is 26.9. The number of ether oxygens (including phenoxy) is 2. The summed E-state index contributed by atoms with van der Waals surface area (Å²) in [5, 5.41) is 0. The van der Waals surface area contributed by atoms with Crippen molar-refractivity contribution in [1.82, 2.24) is 0 Å². The topological polar surface area (TPSA) is 61.5 Å². The molecular formula is C10H19NO3. The number of rotatable bonds is 4. The highest BCUT2D eigenvalue weighted by Gasteiger charge is 2.32. The number of carbonyl (C=O) groups excluding carboxylic acids is 1. The molecule has 4 nitrogen and oxygen atoms in total. The van der Waals surface area contributed by atoms with Gasteiger partial charge in [-0.05, 0) is 12.3 Å². The molecule has 0 spiro atoms. The van der Waals surface area contributed by atoms with E-state index in [1.165, 1.54) is 0 Å². The third-order valence-electron chi connectivity index (χ3n) is 2.37. The van der Waals surface area contributed by atoms with Crippen LogP contribution in [0.3, 0.4) is 0 Å². The van der Waals surface area contributed by atoms with Crippen molar-refractivity contribution in [3.8, 4) is 0 Å². The van der Waals surface area contributed by atoms with Gasteiger partial charge in [0.2, 0.25) is 0 Å². The summed E-state index contributed by atoms with van der Waals surface area (Å²) in [5.41, 5.74) is 5.69. The van der Waals surface area contributed by atoms with Crippen molar-refractivity contribution >= 4 is 5.97 Å². The first-order chi connectivity index (χ1) is 6.61. The molecule has 2 unspecified atom stereocenters. The molecule has 0 aliphatic carbocycles. The Balaban J connectivity index is 2.21. The van der Waals surface area contributed by atoms with E-state index in [1.54, 1.807) is 0 Å². The van der Waals surface area contributed by atoms with Gasteiger partial charge in [-0.15, -0.1) is 0 Å². The third kappa shape index (κ3) is 3.27. The van der Waals surface area contributed by atoms with Gasteiger partial charge in [-0.1, -0.05) is 13.8 Å². The monoisotopic (exact) mass is 201 g/mol. The zero-order valence-corrected chi connectivity index (χ0v) is 8.86. The molecule has 2 N–H and O–H groups in total. The van der Waals surface area contributed by atoms with Gasteiger partial charge in [0.25, 0.3) is 0 Å². The summed E-state index contributed by atoms with van der Waals surface area (Å²) in [4.78, 5) is 11.5. The van der Waals surface area contributed by atoms with Crippen molar-refractivity contribution in [2.75, 3.05) is 19.8 Å². The molecule has 2 atom stereocenters. The van der Waals surface area contributed by atoms with Crippen molar-refractivity contribution < 1.29 is 14.3 Å². The molecule has 0 saturated carbocycles. The zero-order chi connectivity index (χ0) is 10.6. The van der Waals surface area contributed by atoms with Gasteiger partial charge in [0.05, 0.1) is 25.7 Å². The van der Waals surface area contributed by atoms with Crippen LogP contribution in [0.25, 0.3) is 0 Å². The molecule has 0 aromatic carbocycles. The molecule has 14 heavy (non-hydrogen) atoms.